The predicted molar refractivity (Wildman–Crippen MR) is 434 cm³/mol. The number of esters is 1. The number of imidazole rings is 5. The molecule has 0 aliphatic heterocycles. The van der Waals surface area contributed by atoms with Gasteiger partial charge >= 0.3 is 131 Å². The minimum Gasteiger partial charge on any atom is -1.00 e. The van der Waals surface area contributed by atoms with Crippen molar-refractivity contribution < 1.29 is 151 Å². The summed E-state index contributed by atoms with van der Waals surface area (Å²) in [5.74, 6) is -2.87. The number of carbonyl (C=O) groups is 3. The molecule has 0 saturated carbocycles. The first-order chi connectivity index (χ1) is 51.9. The van der Waals surface area contributed by atoms with Gasteiger partial charge in [0.25, 0.3) is 0 Å². The van der Waals surface area contributed by atoms with Crippen LogP contribution in [0.25, 0.3) is 0 Å². The molecule has 0 amide bonds. The van der Waals surface area contributed by atoms with Crippen molar-refractivity contribution in [2.24, 2.45) is 5.73 Å². The first kappa shape index (κ1) is 113. The van der Waals surface area contributed by atoms with Crippen molar-refractivity contribution in [2.75, 3.05) is 21.3 Å². The van der Waals surface area contributed by atoms with Crippen LogP contribution in [0.5, 0.6) is 0 Å². The number of nitrogens with one attached hydrogen (secondary N) is 5. The number of unbranched alkanes of at least 4 members (excludes halogenated alkanes) is 1. The van der Waals surface area contributed by atoms with E-state index >= 15 is 0 Å². The molecule has 0 bridgehead atoms. The number of ketones is 1. The van der Waals surface area contributed by atoms with Crippen LogP contribution in [0.4, 0.5) is 0 Å². The third kappa shape index (κ3) is 47.2. The summed E-state index contributed by atoms with van der Waals surface area (Å²) in [6, 6.07) is -0.463. The van der Waals surface area contributed by atoms with Gasteiger partial charge in [0.2, 0.25) is 0 Å². The molecule has 0 saturated heterocycles. The Bertz CT molecular complexity index is 3760. The predicted octanol–water partition coefficient (Wildman–Crippen LogP) is -4.97. The van der Waals surface area contributed by atoms with E-state index in [1.54, 1.807) is 116 Å². The Morgan fingerprint density at radius 3 is 1.43 bits per heavy atom. The number of rotatable bonds is 38. The molecule has 9 aromatic heterocycles. The second kappa shape index (κ2) is 68.2. The van der Waals surface area contributed by atoms with Gasteiger partial charge in [0, 0.05) is 130 Å². The summed E-state index contributed by atoms with van der Waals surface area (Å²) in [7, 11) is 6.64. The number of aromatic nitrogens is 14. The molecule has 7 radical (unpaired) electrons. The zero-order valence-corrected chi connectivity index (χ0v) is 70.8. The molecule has 113 heavy (non-hydrogen) atoms. The summed E-state index contributed by atoms with van der Waals surface area (Å²) in [5.41, 5.74) is 11.9. The van der Waals surface area contributed by atoms with Gasteiger partial charge in [-0.05, 0) is 68.0 Å². The van der Waals surface area contributed by atoms with Gasteiger partial charge in [-0.1, -0.05) is 20.8 Å². The molecule has 53 heteroatoms. The number of halogens is 1. The average molecular weight is 1690 g/mol. The number of hydrogen-bond donors (Lipinski definition) is 13. The van der Waals surface area contributed by atoms with Crippen molar-refractivity contribution in [1.29, 1.82) is 21.6 Å². The Morgan fingerprint density at radius 1 is 0.664 bits per heavy atom. The van der Waals surface area contributed by atoms with Gasteiger partial charge in [-0.2, -0.15) is 6.42 Å². The van der Waals surface area contributed by atoms with Crippen LogP contribution in [0.2, 0.25) is 50.6 Å². The summed E-state index contributed by atoms with van der Waals surface area (Å²) in [6.07, 6.45) is 26.3. The normalized spacial score (nSPS) is 11.8. The minimum atomic E-state index is -1.22. The second-order valence-corrected chi connectivity index (χ2v) is 26.6. The Morgan fingerprint density at radius 2 is 1.10 bits per heavy atom. The van der Waals surface area contributed by atoms with Crippen LogP contribution in [-0.4, -0.2) is 259 Å². The summed E-state index contributed by atoms with van der Waals surface area (Å²) in [5, 5.41) is 103. The van der Waals surface area contributed by atoms with Crippen molar-refractivity contribution in [3.05, 3.63) is 164 Å². The van der Waals surface area contributed by atoms with E-state index in [0.29, 0.717) is 64.7 Å². The Balaban J connectivity index is -0.000000410. The molecule has 8 unspecified atom stereocenters. The van der Waals surface area contributed by atoms with Crippen LogP contribution in [0, 0.1) is 34.1 Å². The molecule has 589 valence electrons. The van der Waals surface area contributed by atoms with Gasteiger partial charge in [0.05, 0.1) is 67.3 Å². The zero-order chi connectivity index (χ0) is 80.2. The fourth-order valence-corrected chi connectivity index (χ4v) is 10.6. The number of hydrogen-bond acceptors (Lipinski definition) is 35. The summed E-state index contributed by atoms with van der Waals surface area (Å²) in [6.45, 7) is 12.2. The topological polar surface area (TPSA) is 530 Å². The number of aromatic amines is 1. The number of methoxy groups -OCH3 is 3. The molecular formula is C60H91B9BrLi2N19NaO17S4. The first-order valence-corrected chi connectivity index (χ1v) is 36.7. The molecule has 0 spiro atoms. The van der Waals surface area contributed by atoms with Crippen LogP contribution in [-0.2, 0) is 74.5 Å². The largest absolute Gasteiger partial charge is 1.00 e. The van der Waals surface area contributed by atoms with Crippen molar-refractivity contribution in [2.45, 2.75) is 141 Å². The number of Topliss-reactive ketones (excluding diaryl/α,β-unsaturated/α-hetero) is 1. The fraction of sp³-hybridized carbons (Fsp3) is 0.417. The number of thiazole rings is 4. The standard InChI is InChI=1S/C11H15B2N4O3S.C11H13B2N4O3S.2C9H14B2N3O4.C9H17N3O3.C4H9.C3H2BrNS.C3H2NS.CH4.B.2Li.Na.H/c2*1-13(19)17-5-8(16-7-17)4-9(12-20-6-14)10(18)11-15-2-3-21-11;1-11(16)14-4-7(13-6-14)3-8(9(15)17-2)10-18-5-12;1-11(17)14-3-7(13-6-14)2-8(9(16)4-15)10-18-5-12;1-14-9(15-2)8(13)7(10)3-6-4-11-5-12-6;1-3-4-2;4-3-5-1-2-6-3;1-2-5-3-4-1;;;;;;/h2-3,5-7,9-10,14,18-19H,4H2,1H3;2-3,5-7,9,14,19H,4H2,1H3;4-6,8,12,16H,3H2,1-2H3;3-6,8-9,12,16-17H,2H2,1H3;4-5,7-9,13H,3,10H2,1-2H3,(H,11,12);1,3-4H2,2H3;1-2H;1-2H;1H4;;;;;/q;;;;;-1;;-1;;;3*+1;-1. The molecule has 0 fully saturated rings. The number of carbonyl (C=O) groups excluding carboxylic acids is 3. The molecule has 0 aromatic carbocycles. The van der Waals surface area contributed by atoms with Gasteiger partial charge in [0.15, 0.2) is 21.0 Å². The number of nitrogens with two attached hydrogens (primary N) is 1. The monoisotopic (exact) mass is 1690 g/mol. The quantitative estimate of drug-likeness (QED) is 0.00252. The van der Waals surface area contributed by atoms with Crippen molar-refractivity contribution in [1.82, 2.24) is 67.8 Å². The third-order valence-electron chi connectivity index (χ3n) is 13.8. The maximum atomic E-state index is 12.3. The molecule has 36 nitrogen and oxygen atoms in total. The van der Waals surface area contributed by atoms with Crippen LogP contribution < -0.4 is 73.0 Å². The molecule has 0 aliphatic rings. The van der Waals surface area contributed by atoms with E-state index in [1.807, 2.05) is 10.8 Å². The van der Waals surface area contributed by atoms with Crippen molar-refractivity contribution in [3.63, 3.8) is 0 Å². The van der Waals surface area contributed by atoms with E-state index < -0.39 is 88.1 Å². The van der Waals surface area contributed by atoms with Gasteiger partial charge in [-0.3, -0.25) is 42.6 Å². The smallest absolute Gasteiger partial charge is 1.00 e. The molecule has 9 rings (SSSR count). The Labute approximate surface area is 737 Å². The molecular weight excluding hydrogens is 1600 g/mol. The first-order valence-electron chi connectivity index (χ1n) is 32.4. The van der Waals surface area contributed by atoms with E-state index in [-0.39, 0.29) is 103 Å². The van der Waals surface area contributed by atoms with Crippen molar-refractivity contribution in [3.8, 4) is 0 Å². The van der Waals surface area contributed by atoms with Crippen LogP contribution in [0.15, 0.2) is 113 Å². The number of aliphatic hydroxyl groups is 3. The Hall–Kier alpha value is -5.88. The van der Waals surface area contributed by atoms with Crippen LogP contribution in [0.3, 0.4) is 0 Å². The maximum Gasteiger partial charge on any atom is 1.00 e. The minimum absolute atomic E-state index is 0. The summed E-state index contributed by atoms with van der Waals surface area (Å²) in [4.78, 5) is 73.1. The van der Waals surface area contributed by atoms with E-state index in [1.165, 1.54) is 130 Å². The number of aldehydes is 1. The summed E-state index contributed by atoms with van der Waals surface area (Å²) >= 11 is 8.86. The maximum absolute atomic E-state index is 12.3. The van der Waals surface area contributed by atoms with E-state index in [4.69, 9.17) is 46.2 Å². The Kier molecular flexibility index (Phi) is 68.5. The van der Waals surface area contributed by atoms with E-state index in [9.17, 15) is 49.8 Å². The number of ether oxygens (including phenoxy) is 3. The summed E-state index contributed by atoms with van der Waals surface area (Å²) < 4.78 is 40.6. The number of nitrogens with zero attached hydrogens (tertiary/aromatic N) is 13. The second-order valence-electron chi connectivity index (χ2n) is 21.9. The number of H-pyrrole nitrogens is 1. The van der Waals surface area contributed by atoms with Crippen LogP contribution in [0.1, 0.15) is 78.0 Å². The molecule has 14 N–H and O–H groups in total. The average Bonchev–Trinajstić information content (AvgIpc) is 1.64. The molecule has 8 atom stereocenters. The number of aliphatic hydroxyl groups excluding tert-OH is 3. The fourth-order valence-electron chi connectivity index (χ4n) is 8.14. The zero-order valence-electron chi connectivity index (χ0n) is 64.9. The van der Waals surface area contributed by atoms with Gasteiger partial charge in [-0.15, -0.1) is 45.6 Å². The van der Waals surface area contributed by atoms with E-state index in [0.717, 1.165) is 35.2 Å². The molecule has 0 aliphatic carbocycles. The van der Waals surface area contributed by atoms with Gasteiger partial charge < -0.3 is 115 Å². The van der Waals surface area contributed by atoms with Gasteiger partial charge in [-0.25, -0.2) is 39.9 Å². The third-order valence-corrected chi connectivity index (χ3v) is 17.2. The van der Waals surface area contributed by atoms with Gasteiger partial charge in [0.1, 0.15) is 55.2 Å². The van der Waals surface area contributed by atoms with Crippen LogP contribution >= 0.6 is 61.3 Å². The van der Waals surface area contributed by atoms with Crippen molar-refractivity contribution >= 4 is 171 Å². The van der Waals surface area contributed by atoms with E-state index in [2.05, 4.69) is 99.2 Å². The molecule has 9 heterocycles. The molecule has 9 aromatic rings. The SMILES string of the molecule is Brc1nccs1.C.CB(O)n1cnc(CC([B]OC=N)C(=O)c2nccs2)c1.CB(O)n1cnc(CC([B]OC=N)C(O)C=O)c1.CB(O)n1cnc(CC([B]OC=N)C(O)c2nccs2)c1.COC(=O)C([B]OC=N)Cc1cn(B(C)O)cn1.COC(OC)C(O)C(N)Cc1cnc[nH]1.[B].[CH2-]CCC.[H-].[Li+].[Li+].[Na+].[c-]1nccs1.